The Balaban J connectivity index is 1.76. The summed E-state index contributed by atoms with van der Waals surface area (Å²) >= 11 is 0.915. The average molecular weight is 701 g/mol. The van der Waals surface area contributed by atoms with E-state index in [0.29, 0.717) is 29.3 Å². The number of nitrogen functional groups attached to an aromatic ring is 1. The van der Waals surface area contributed by atoms with E-state index in [1.807, 2.05) is 0 Å². The van der Waals surface area contributed by atoms with E-state index in [0.717, 1.165) is 17.8 Å². The normalized spacial score (nSPS) is 17.3. The maximum atomic E-state index is 15.0. The maximum absolute atomic E-state index is 15.0. The summed E-state index contributed by atoms with van der Waals surface area (Å²) < 4.78 is 55.7. The van der Waals surface area contributed by atoms with E-state index in [1.165, 1.54) is 43.6 Å². The van der Waals surface area contributed by atoms with E-state index in [2.05, 4.69) is 30.0 Å². The third kappa shape index (κ3) is 9.65. The van der Waals surface area contributed by atoms with Gasteiger partial charge in [-0.05, 0) is 44.5 Å². The third-order valence-electron chi connectivity index (χ3n) is 6.35. The number of β-lactam (4-membered cyclic amide) rings is 1. The van der Waals surface area contributed by atoms with Crippen LogP contribution < -0.4 is 26.8 Å². The average Bonchev–Trinajstić information content (AvgIpc) is 3.43. The minimum Gasteiger partial charge on any atom is -0.486 e. The Hall–Kier alpha value is -4.70. The number of allylic oxidation sites excluding steroid dienone is 1. The number of nitrogens with two attached hydrogens (primary N) is 2. The van der Waals surface area contributed by atoms with Crippen LogP contribution in [0.3, 0.4) is 0 Å². The zero-order valence-corrected chi connectivity index (χ0v) is 26.9. The first-order valence-electron chi connectivity index (χ1n) is 13.6. The summed E-state index contributed by atoms with van der Waals surface area (Å²) in [6.45, 7) is 3.00. The number of anilines is 1. The van der Waals surface area contributed by atoms with Gasteiger partial charge in [-0.1, -0.05) is 11.2 Å². The topological polar surface area (TPSA) is 270 Å². The molecule has 0 radical (unpaired) electrons. The molecule has 2 heterocycles. The van der Waals surface area contributed by atoms with Crippen LogP contribution in [0.15, 0.2) is 39.9 Å². The molecule has 2 aromatic rings. The Morgan fingerprint density at radius 3 is 2.62 bits per heavy atom. The predicted molar refractivity (Wildman–Crippen MR) is 167 cm³/mol. The van der Waals surface area contributed by atoms with Crippen LogP contribution in [0.4, 0.5) is 9.52 Å². The van der Waals surface area contributed by atoms with Gasteiger partial charge in [0.1, 0.15) is 18.3 Å². The molecule has 2 atom stereocenters. The highest BCUT2D eigenvalue weighted by Crippen LogP contribution is 2.33. The van der Waals surface area contributed by atoms with Gasteiger partial charge < -0.3 is 36.8 Å². The number of rotatable bonds is 17. The lowest BCUT2D eigenvalue weighted by atomic mass is 9.84. The summed E-state index contributed by atoms with van der Waals surface area (Å²) in [5, 5.41) is 20.4. The van der Waals surface area contributed by atoms with Gasteiger partial charge in [-0.2, -0.15) is 13.5 Å². The molecule has 0 unspecified atom stereocenters. The van der Waals surface area contributed by atoms with Crippen LogP contribution in [0.25, 0.3) is 5.57 Å². The van der Waals surface area contributed by atoms with E-state index in [1.54, 1.807) is 13.2 Å². The number of oxime groups is 1. The zero-order valence-electron chi connectivity index (χ0n) is 25.2. The molecule has 0 bridgehead atoms. The van der Waals surface area contributed by atoms with Crippen LogP contribution in [-0.4, -0.2) is 102 Å². The molecule has 18 nitrogen and oxygen atoms in total. The first-order valence-corrected chi connectivity index (χ1v) is 15.8. The Bertz CT molecular complexity index is 1680. The van der Waals surface area contributed by atoms with Crippen molar-refractivity contribution in [3.05, 3.63) is 46.9 Å². The van der Waals surface area contributed by atoms with E-state index in [-0.39, 0.29) is 16.6 Å². The highest BCUT2D eigenvalue weighted by atomic mass is 32.3. The highest BCUT2D eigenvalue weighted by molar-refractivity contribution is 7.80. The van der Waals surface area contributed by atoms with Crippen molar-refractivity contribution < 1.29 is 50.7 Å². The van der Waals surface area contributed by atoms with Crippen molar-refractivity contribution in [2.45, 2.75) is 38.0 Å². The third-order valence-corrected chi connectivity index (χ3v) is 7.37. The van der Waals surface area contributed by atoms with Gasteiger partial charge in [0, 0.05) is 37.0 Å². The van der Waals surface area contributed by atoms with Crippen molar-refractivity contribution >= 4 is 62.2 Å². The second-order valence-electron chi connectivity index (χ2n) is 10.2. The first-order chi connectivity index (χ1) is 22.1. The Morgan fingerprint density at radius 1 is 1.34 bits per heavy atom. The van der Waals surface area contributed by atoms with Crippen molar-refractivity contribution in [2.24, 2.45) is 15.9 Å². The number of carboxylic acids is 1. The molecule has 1 aromatic heterocycles. The van der Waals surface area contributed by atoms with Crippen molar-refractivity contribution in [1.29, 1.82) is 0 Å². The molecule has 1 aromatic carbocycles. The van der Waals surface area contributed by atoms with Gasteiger partial charge >= 0.3 is 16.4 Å². The monoisotopic (exact) mass is 700 g/mol. The number of amides is 2. The molecule has 1 aliphatic heterocycles. The number of ether oxygens (including phenoxy) is 1. The van der Waals surface area contributed by atoms with Gasteiger partial charge in [0.05, 0.1) is 5.54 Å². The number of carbonyl (C=O) groups is 3. The molecular formula is C26H33FN8O10S2. The summed E-state index contributed by atoms with van der Waals surface area (Å²) in [5.74, 6) is -4.81. The van der Waals surface area contributed by atoms with Gasteiger partial charge in [0.2, 0.25) is 0 Å². The minimum absolute atomic E-state index is 0.0138. The SMILES string of the molecule is CN=C/C(=C\NCCCN)c1ccc(OC[C@H](O/N=C(\C(=O)N[C@@H]2C(=O)N(OS(=O)(=O)O)C2(C)C)c2csc(N)n2)C(=O)O)c(F)c1. The highest BCUT2D eigenvalue weighted by Gasteiger charge is 2.58. The number of thiazole rings is 1. The lowest BCUT2D eigenvalue weighted by molar-refractivity contribution is -0.218. The number of benzene rings is 1. The maximum Gasteiger partial charge on any atom is 0.418 e. The lowest BCUT2D eigenvalue weighted by Gasteiger charge is -2.50. The number of aromatic nitrogens is 1. The molecule has 2 amide bonds. The van der Waals surface area contributed by atoms with Gasteiger partial charge in [0.25, 0.3) is 17.9 Å². The van der Waals surface area contributed by atoms with Gasteiger partial charge in [-0.25, -0.2) is 14.2 Å². The smallest absolute Gasteiger partial charge is 0.418 e. The largest absolute Gasteiger partial charge is 0.486 e. The number of aliphatic carboxylic acids is 1. The summed E-state index contributed by atoms with van der Waals surface area (Å²) in [6, 6.07) is 2.62. The summed E-state index contributed by atoms with van der Waals surface area (Å²) in [5.41, 5.74) is 9.95. The first kappa shape index (κ1) is 36.8. The van der Waals surface area contributed by atoms with Gasteiger partial charge in [0.15, 0.2) is 22.4 Å². The fourth-order valence-corrected chi connectivity index (χ4v) is 4.97. The van der Waals surface area contributed by atoms with E-state index in [4.69, 9.17) is 25.6 Å². The number of carboxylic acid groups (broad SMARTS) is 1. The summed E-state index contributed by atoms with van der Waals surface area (Å²) in [4.78, 5) is 50.6. The number of hydrogen-bond donors (Lipinski definition) is 6. The van der Waals surface area contributed by atoms with Crippen molar-refractivity contribution in [1.82, 2.24) is 20.7 Å². The Kier molecular flexibility index (Phi) is 12.3. The molecule has 0 aliphatic carbocycles. The van der Waals surface area contributed by atoms with Crippen LogP contribution in [0.2, 0.25) is 0 Å². The van der Waals surface area contributed by atoms with E-state index in [9.17, 15) is 32.3 Å². The Labute approximate surface area is 272 Å². The molecule has 1 saturated heterocycles. The Morgan fingerprint density at radius 2 is 2.06 bits per heavy atom. The molecular weight excluding hydrogens is 667 g/mol. The predicted octanol–water partition coefficient (Wildman–Crippen LogP) is -0.0628. The number of nitrogens with zero attached hydrogens (tertiary/aromatic N) is 4. The molecule has 21 heteroatoms. The van der Waals surface area contributed by atoms with Crippen molar-refractivity contribution in [3.63, 3.8) is 0 Å². The van der Waals surface area contributed by atoms with Crippen LogP contribution in [0, 0.1) is 5.82 Å². The lowest BCUT2D eigenvalue weighted by Crippen LogP contribution is -2.76. The summed E-state index contributed by atoms with van der Waals surface area (Å²) in [7, 11) is -3.49. The van der Waals surface area contributed by atoms with Crippen LogP contribution in [0.1, 0.15) is 31.5 Å². The fraction of sp³-hybridized carbons (Fsp3) is 0.385. The van der Waals surface area contributed by atoms with E-state index < -0.39 is 64.0 Å². The molecule has 1 aliphatic rings. The molecule has 47 heavy (non-hydrogen) atoms. The van der Waals surface area contributed by atoms with Crippen LogP contribution in [-0.2, 0) is 33.9 Å². The number of hydroxylamine groups is 2. The second kappa shape index (κ2) is 15.7. The standard InChI is InChI=1S/C26H33FN8O10S2/c1-26(2)21(23(37)35(26)45-47(40,41)42)33-22(36)20(17-13-46-25(29)32-17)34-44-19(24(38)39)12-43-18-6-5-14(9-16(18)27)15(10-30-3)11-31-8-4-7-28/h5-6,9-11,13,19,21,31H,4,7-8,12,28H2,1-3H3,(H2,29,32)(H,33,36)(H,38,39)(H,40,41,42)/b15-11+,30-10?,34-20-/t19-,21+/m0/s1. The molecule has 1 fully saturated rings. The fourth-order valence-electron chi connectivity index (χ4n) is 3.97. The van der Waals surface area contributed by atoms with E-state index >= 15 is 0 Å². The quantitative estimate of drug-likeness (QED) is 0.0415. The van der Waals surface area contributed by atoms with Crippen molar-refractivity contribution in [3.8, 4) is 5.75 Å². The number of carbonyl (C=O) groups excluding carboxylic acids is 2. The molecule has 3 rings (SSSR count). The van der Waals surface area contributed by atoms with Gasteiger partial charge in [-0.3, -0.25) is 19.1 Å². The number of nitrogens with one attached hydrogen (secondary N) is 2. The van der Waals surface area contributed by atoms with Crippen LogP contribution >= 0.6 is 11.3 Å². The van der Waals surface area contributed by atoms with Gasteiger partial charge in [-0.15, -0.1) is 15.6 Å². The second-order valence-corrected chi connectivity index (χ2v) is 12.1. The summed E-state index contributed by atoms with van der Waals surface area (Å²) in [6.07, 6.45) is 2.04. The molecule has 0 saturated carbocycles. The number of hydrogen-bond acceptors (Lipinski definition) is 15. The van der Waals surface area contributed by atoms with Crippen molar-refractivity contribution in [2.75, 3.05) is 32.5 Å². The van der Waals surface area contributed by atoms with Crippen LogP contribution in [0.5, 0.6) is 5.75 Å². The minimum atomic E-state index is -5.04. The number of aliphatic imine (C=N–C) groups is 1. The zero-order chi connectivity index (χ0) is 34.9. The molecule has 8 N–H and O–H groups in total. The molecule has 0 spiro atoms. The molecule has 256 valence electrons. The number of halogens is 1.